The van der Waals surface area contributed by atoms with Gasteiger partial charge in [-0.1, -0.05) is 41.4 Å². The van der Waals surface area contributed by atoms with Crippen molar-refractivity contribution in [3.8, 4) is 0 Å². The topological polar surface area (TPSA) is 71.4 Å². The predicted octanol–water partition coefficient (Wildman–Crippen LogP) is 3.67. The van der Waals surface area contributed by atoms with Crippen LogP contribution in [0, 0.1) is 0 Å². The Balaban J connectivity index is 2.48. The van der Waals surface area contributed by atoms with Crippen molar-refractivity contribution in [3.05, 3.63) is 63.6 Å². The maximum atomic E-state index is 12.4. The van der Waals surface area contributed by atoms with E-state index in [1.807, 2.05) is 0 Å². The normalized spacial score (nSPS) is 11.3. The number of hydrogen-bond acceptors (Lipinski definition) is 3. The first-order valence-electron chi connectivity index (χ1n) is 5.80. The Morgan fingerprint density at radius 1 is 1.10 bits per heavy atom. The van der Waals surface area contributed by atoms with Crippen molar-refractivity contribution in [2.24, 2.45) is 0 Å². The molecule has 4 nitrogen and oxygen atoms in total. The van der Waals surface area contributed by atoms with Crippen molar-refractivity contribution < 1.29 is 18.3 Å². The van der Waals surface area contributed by atoms with Gasteiger partial charge in [0.2, 0.25) is 0 Å². The number of carboxylic acid groups (broad SMARTS) is 1. The van der Waals surface area contributed by atoms with Crippen LogP contribution in [0.25, 0.3) is 0 Å². The number of hydrogen-bond donors (Lipinski definition) is 1. The summed E-state index contributed by atoms with van der Waals surface area (Å²) in [5, 5.41) is 9.38. The van der Waals surface area contributed by atoms with Gasteiger partial charge in [0.05, 0.1) is 21.2 Å². The minimum absolute atomic E-state index is 0.0483. The lowest BCUT2D eigenvalue weighted by molar-refractivity contribution is 0.0696. The number of carbonyl (C=O) groups is 1. The van der Waals surface area contributed by atoms with E-state index < -0.39 is 21.6 Å². The molecule has 0 unspecified atom stereocenters. The molecule has 0 spiro atoms. The van der Waals surface area contributed by atoms with Crippen LogP contribution in [0.15, 0.2) is 47.4 Å². The number of rotatable bonds is 4. The number of halogens is 2. The lowest BCUT2D eigenvalue weighted by atomic mass is 10.1. The summed E-state index contributed by atoms with van der Waals surface area (Å²) in [6.45, 7) is 0. The van der Waals surface area contributed by atoms with Gasteiger partial charge in [-0.05, 0) is 29.8 Å². The minimum atomic E-state index is -3.80. The predicted molar refractivity (Wildman–Crippen MR) is 80.8 cm³/mol. The summed E-state index contributed by atoms with van der Waals surface area (Å²) in [5.41, 5.74) is 0.139. The molecule has 2 rings (SSSR count). The van der Waals surface area contributed by atoms with Crippen molar-refractivity contribution in [3.63, 3.8) is 0 Å². The summed E-state index contributed by atoms with van der Waals surface area (Å²) in [6.07, 6.45) is 0. The van der Waals surface area contributed by atoms with E-state index in [4.69, 9.17) is 28.3 Å². The van der Waals surface area contributed by atoms with Gasteiger partial charge in [0.1, 0.15) is 0 Å². The molecule has 0 aliphatic carbocycles. The summed E-state index contributed by atoms with van der Waals surface area (Å²) in [5.74, 6) is -1.65. The lowest BCUT2D eigenvalue weighted by Gasteiger charge is -2.09. The van der Waals surface area contributed by atoms with Crippen LogP contribution in [0.3, 0.4) is 0 Å². The molecule has 0 saturated carbocycles. The highest BCUT2D eigenvalue weighted by Crippen LogP contribution is 2.28. The molecule has 110 valence electrons. The Bertz CT molecular complexity index is 800. The summed E-state index contributed by atoms with van der Waals surface area (Å²) in [6, 6.07) is 10.0. The van der Waals surface area contributed by atoms with E-state index in [1.54, 1.807) is 6.07 Å². The molecule has 0 saturated heterocycles. The molecular weight excluding hydrogens is 335 g/mol. The third kappa shape index (κ3) is 3.56. The molecule has 0 fully saturated rings. The second kappa shape index (κ2) is 6.05. The molecule has 1 N–H and O–H groups in total. The largest absolute Gasteiger partial charge is 0.478 e. The van der Waals surface area contributed by atoms with Gasteiger partial charge in [-0.25, -0.2) is 13.2 Å². The van der Waals surface area contributed by atoms with Gasteiger partial charge in [-0.3, -0.25) is 0 Å². The first-order valence-corrected chi connectivity index (χ1v) is 8.21. The van der Waals surface area contributed by atoms with Crippen molar-refractivity contribution in [1.82, 2.24) is 0 Å². The molecule has 7 heteroatoms. The zero-order valence-electron chi connectivity index (χ0n) is 10.6. The third-order valence-corrected chi connectivity index (χ3v) is 5.20. The maximum absolute atomic E-state index is 12.4. The highest BCUT2D eigenvalue weighted by Gasteiger charge is 2.22. The van der Waals surface area contributed by atoms with Gasteiger partial charge >= 0.3 is 5.97 Å². The zero-order chi connectivity index (χ0) is 15.6. The Morgan fingerprint density at radius 2 is 1.76 bits per heavy atom. The van der Waals surface area contributed by atoms with Gasteiger partial charge in [0, 0.05) is 5.02 Å². The van der Waals surface area contributed by atoms with Crippen molar-refractivity contribution in [2.75, 3.05) is 0 Å². The molecule has 2 aromatic rings. The Morgan fingerprint density at radius 3 is 2.43 bits per heavy atom. The number of carboxylic acids is 1. The molecular formula is C14H10Cl2O4S. The van der Waals surface area contributed by atoms with Gasteiger partial charge in [-0.15, -0.1) is 0 Å². The summed E-state index contributed by atoms with van der Waals surface area (Å²) in [4.78, 5) is 11.0. The van der Waals surface area contributed by atoms with Gasteiger partial charge < -0.3 is 5.11 Å². The van der Waals surface area contributed by atoms with Gasteiger partial charge in [-0.2, -0.15) is 0 Å². The van der Waals surface area contributed by atoms with E-state index in [1.165, 1.54) is 36.4 Å². The summed E-state index contributed by atoms with van der Waals surface area (Å²) < 4.78 is 24.8. The van der Waals surface area contributed by atoms with Crippen molar-refractivity contribution >= 4 is 39.0 Å². The van der Waals surface area contributed by atoms with Crippen LogP contribution in [0.2, 0.25) is 10.0 Å². The Labute approximate surface area is 131 Å². The first-order chi connectivity index (χ1) is 9.81. The lowest BCUT2D eigenvalue weighted by Crippen LogP contribution is -2.10. The number of sulfone groups is 1. The van der Waals surface area contributed by atoms with Crippen LogP contribution in [-0.2, 0) is 15.6 Å². The quantitative estimate of drug-likeness (QED) is 0.918. The second-order valence-electron chi connectivity index (χ2n) is 4.30. The van der Waals surface area contributed by atoms with Crippen molar-refractivity contribution in [2.45, 2.75) is 10.6 Å². The minimum Gasteiger partial charge on any atom is -0.478 e. The summed E-state index contributed by atoms with van der Waals surface area (Å²) >= 11 is 11.7. The first kappa shape index (κ1) is 15.8. The molecule has 0 aliphatic heterocycles. The monoisotopic (exact) mass is 344 g/mol. The smallest absolute Gasteiger partial charge is 0.335 e. The molecule has 0 amide bonds. The van der Waals surface area contributed by atoms with Crippen LogP contribution in [-0.4, -0.2) is 19.5 Å². The molecule has 0 heterocycles. The maximum Gasteiger partial charge on any atom is 0.335 e. The highest BCUT2D eigenvalue weighted by atomic mass is 35.5. The third-order valence-electron chi connectivity index (χ3n) is 2.82. The van der Waals surface area contributed by atoms with Crippen molar-refractivity contribution in [1.29, 1.82) is 0 Å². The Kier molecular flexibility index (Phi) is 4.56. The fourth-order valence-electron chi connectivity index (χ4n) is 1.85. The zero-order valence-corrected chi connectivity index (χ0v) is 12.9. The molecule has 2 aromatic carbocycles. The fraction of sp³-hybridized carbons (Fsp3) is 0.0714. The number of benzene rings is 2. The number of aromatic carboxylic acids is 1. The van der Waals surface area contributed by atoms with E-state index in [0.717, 1.165) is 0 Å². The van der Waals surface area contributed by atoms with E-state index >= 15 is 0 Å². The van der Waals surface area contributed by atoms with E-state index in [2.05, 4.69) is 0 Å². The van der Waals surface area contributed by atoms with E-state index in [-0.39, 0.29) is 26.1 Å². The second-order valence-corrected chi connectivity index (χ2v) is 7.10. The SMILES string of the molecule is O=C(O)c1ccccc1CS(=O)(=O)c1cc(Cl)ccc1Cl. The van der Waals surface area contributed by atoms with Gasteiger partial charge in [0.15, 0.2) is 9.84 Å². The van der Waals surface area contributed by atoms with Gasteiger partial charge in [0.25, 0.3) is 0 Å². The molecule has 0 atom stereocenters. The Hall–Kier alpha value is -1.56. The molecule has 0 radical (unpaired) electrons. The van der Waals surface area contributed by atoms with E-state index in [0.29, 0.717) is 0 Å². The fourth-order valence-corrected chi connectivity index (χ4v) is 4.05. The average molecular weight is 345 g/mol. The highest BCUT2D eigenvalue weighted by molar-refractivity contribution is 7.90. The summed E-state index contributed by atoms with van der Waals surface area (Å²) in [7, 11) is -3.80. The molecule has 21 heavy (non-hydrogen) atoms. The van der Waals surface area contributed by atoms with E-state index in [9.17, 15) is 13.2 Å². The standard InChI is InChI=1S/C14H10Cl2O4S/c15-10-5-6-12(16)13(7-10)21(19,20)8-9-3-1-2-4-11(9)14(17)18/h1-7H,8H2,(H,17,18). The van der Waals surface area contributed by atoms with Crippen LogP contribution >= 0.6 is 23.2 Å². The van der Waals surface area contributed by atoms with Crippen LogP contribution in [0.1, 0.15) is 15.9 Å². The molecule has 0 aliphatic rings. The van der Waals surface area contributed by atoms with Crippen LogP contribution in [0.4, 0.5) is 0 Å². The molecule has 0 aromatic heterocycles. The van der Waals surface area contributed by atoms with Crippen LogP contribution in [0.5, 0.6) is 0 Å². The average Bonchev–Trinajstić information content (AvgIpc) is 2.41. The molecule has 0 bridgehead atoms. The van der Waals surface area contributed by atoms with Crippen LogP contribution < -0.4 is 0 Å².